The first kappa shape index (κ1) is 19.7. The molecule has 4 rings (SSSR count). The first-order chi connectivity index (χ1) is 11.7. The second kappa shape index (κ2) is 7.89. The average Bonchev–Trinajstić information content (AvgIpc) is 3.14. The van der Waals surface area contributed by atoms with Gasteiger partial charge in [0.25, 0.3) is 0 Å². The fraction of sp³-hybridized carbons (Fsp3) is 0.947. The zero-order valence-corrected chi connectivity index (χ0v) is 18.4. The first-order valence-electron chi connectivity index (χ1n) is 9.99. The van der Waals surface area contributed by atoms with E-state index in [4.69, 9.17) is 4.74 Å². The molecule has 2 aliphatic carbocycles. The number of aliphatic imine (C=N–C) groups is 1. The molecule has 0 amide bonds. The van der Waals surface area contributed by atoms with Gasteiger partial charge in [-0.1, -0.05) is 13.3 Å². The zero-order chi connectivity index (χ0) is 16.7. The van der Waals surface area contributed by atoms with Crippen LogP contribution in [0.5, 0.6) is 0 Å². The zero-order valence-electron chi connectivity index (χ0n) is 16.0. The third-order valence-electron chi connectivity index (χ3n) is 7.28. The molecule has 0 aromatic rings. The summed E-state index contributed by atoms with van der Waals surface area (Å²) in [5.41, 5.74) is 0.417. The van der Waals surface area contributed by atoms with Crippen LogP contribution >= 0.6 is 24.0 Å². The predicted octanol–water partition coefficient (Wildman–Crippen LogP) is 2.55. The van der Waals surface area contributed by atoms with Crippen molar-refractivity contribution in [3.63, 3.8) is 0 Å². The molecule has 2 heterocycles. The minimum Gasteiger partial charge on any atom is -0.377 e. The molecule has 1 N–H and O–H groups in total. The molecule has 4 fully saturated rings. The molecule has 5 nitrogen and oxygen atoms in total. The van der Waals surface area contributed by atoms with Crippen LogP contribution in [0.2, 0.25) is 0 Å². The molecule has 6 heteroatoms. The molecule has 0 aromatic carbocycles. The summed E-state index contributed by atoms with van der Waals surface area (Å²) in [4.78, 5) is 9.58. The molecular weight excluding hydrogens is 427 g/mol. The lowest BCUT2D eigenvalue weighted by atomic mass is 9.46. The summed E-state index contributed by atoms with van der Waals surface area (Å²) in [6.45, 7) is 6.74. The van der Waals surface area contributed by atoms with Crippen LogP contribution < -0.4 is 5.32 Å². The summed E-state index contributed by atoms with van der Waals surface area (Å²) in [7, 11) is 4.13. The molecule has 4 atom stereocenters. The van der Waals surface area contributed by atoms with Gasteiger partial charge in [0, 0.05) is 50.7 Å². The van der Waals surface area contributed by atoms with Crippen molar-refractivity contribution in [1.82, 2.24) is 15.1 Å². The van der Waals surface area contributed by atoms with E-state index in [0.717, 1.165) is 25.7 Å². The minimum absolute atomic E-state index is 0. The Morgan fingerprint density at radius 1 is 1.32 bits per heavy atom. The van der Waals surface area contributed by atoms with Gasteiger partial charge in [-0.25, -0.2) is 0 Å². The van der Waals surface area contributed by atoms with E-state index in [0.29, 0.717) is 29.5 Å². The number of likely N-dealkylation sites (tertiary alicyclic amines) is 1. The molecule has 4 aliphatic rings. The molecule has 4 unspecified atom stereocenters. The Balaban J connectivity index is 0.00000182. The van der Waals surface area contributed by atoms with Crippen LogP contribution in [0.3, 0.4) is 0 Å². The number of nitrogens with one attached hydrogen (secondary N) is 1. The van der Waals surface area contributed by atoms with E-state index in [1.807, 2.05) is 7.05 Å². The number of halogens is 1. The number of ether oxygens (including phenoxy) is 1. The summed E-state index contributed by atoms with van der Waals surface area (Å²) in [5.74, 6) is 1.79. The van der Waals surface area contributed by atoms with Gasteiger partial charge in [-0.05, 0) is 45.2 Å². The fourth-order valence-corrected chi connectivity index (χ4v) is 5.86. The van der Waals surface area contributed by atoms with Gasteiger partial charge in [0.15, 0.2) is 5.96 Å². The molecule has 1 spiro atoms. The highest BCUT2D eigenvalue weighted by Gasteiger charge is 2.66. The van der Waals surface area contributed by atoms with Crippen molar-refractivity contribution < 1.29 is 4.74 Å². The van der Waals surface area contributed by atoms with Crippen molar-refractivity contribution >= 4 is 29.9 Å². The van der Waals surface area contributed by atoms with Crippen LogP contribution in [0.15, 0.2) is 4.99 Å². The summed E-state index contributed by atoms with van der Waals surface area (Å²) in [5, 5.41) is 3.85. The van der Waals surface area contributed by atoms with E-state index in [1.54, 1.807) is 0 Å². The number of hydrogen-bond donors (Lipinski definition) is 1. The minimum atomic E-state index is 0. The molecule has 2 saturated heterocycles. The maximum Gasteiger partial charge on any atom is 0.193 e. The van der Waals surface area contributed by atoms with Gasteiger partial charge >= 0.3 is 0 Å². The lowest BCUT2D eigenvalue weighted by Crippen LogP contribution is -2.72. The van der Waals surface area contributed by atoms with Gasteiger partial charge in [0.1, 0.15) is 0 Å². The maximum atomic E-state index is 6.05. The standard InChI is InChI=1S/C19H34N4O.HI/c1-4-23-11-5-7-14(23)13-22(3)18(20-2)21-16-15-8-12-24-17(15)19(16)9-6-10-19;/h14-17H,4-13H2,1-3H3,(H,20,21);1H. The number of likely N-dealkylation sites (N-methyl/N-ethyl adjacent to an activating group) is 2. The Kier molecular flexibility index (Phi) is 6.21. The van der Waals surface area contributed by atoms with Crippen LogP contribution in [0.1, 0.15) is 45.4 Å². The summed E-state index contributed by atoms with van der Waals surface area (Å²) in [6.07, 6.45) is 8.44. The second-order valence-corrected chi connectivity index (χ2v) is 8.31. The molecule has 144 valence electrons. The van der Waals surface area contributed by atoms with E-state index < -0.39 is 0 Å². The quantitative estimate of drug-likeness (QED) is 0.396. The number of nitrogens with zero attached hydrogens (tertiary/aromatic N) is 3. The van der Waals surface area contributed by atoms with E-state index in [9.17, 15) is 0 Å². The molecular formula is C19H35IN4O. The average molecular weight is 462 g/mol. The molecule has 0 radical (unpaired) electrons. The monoisotopic (exact) mass is 462 g/mol. The predicted molar refractivity (Wildman–Crippen MR) is 113 cm³/mol. The highest BCUT2D eigenvalue weighted by molar-refractivity contribution is 14.0. The highest BCUT2D eigenvalue weighted by atomic mass is 127. The maximum absolute atomic E-state index is 6.05. The van der Waals surface area contributed by atoms with Crippen molar-refractivity contribution in [2.45, 2.75) is 63.6 Å². The van der Waals surface area contributed by atoms with Crippen molar-refractivity contribution in [1.29, 1.82) is 0 Å². The third-order valence-corrected chi connectivity index (χ3v) is 7.28. The van der Waals surface area contributed by atoms with E-state index in [-0.39, 0.29) is 24.0 Å². The van der Waals surface area contributed by atoms with Gasteiger partial charge in [-0.3, -0.25) is 9.89 Å². The Morgan fingerprint density at radius 2 is 2.12 bits per heavy atom. The molecule has 0 aromatic heterocycles. The van der Waals surface area contributed by atoms with E-state index in [1.165, 1.54) is 45.1 Å². The van der Waals surface area contributed by atoms with E-state index in [2.05, 4.69) is 34.1 Å². The lowest BCUT2D eigenvalue weighted by molar-refractivity contribution is -0.171. The Morgan fingerprint density at radius 3 is 2.76 bits per heavy atom. The van der Waals surface area contributed by atoms with E-state index >= 15 is 0 Å². The Labute approximate surface area is 170 Å². The number of rotatable bonds is 4. The Bertz CT molecular complexity index is 496. The lowest BCUT2D eigenvalue weighted by Gasteiger charge is -2.63. The molecule has 25 heavy (non-hydrogen) atoms. The third kappa shape index (κ3) is 3.20. The number of guanidine groups is 1. The van der Waals surface area contributed by atoms with Crippen LogP contribution in [0.4, 0.5) is 0 Å². The van der Waals surface area contributed by atoms with Gasteiger partial charge in [-0.15, -0.1) is 24.0 Å². The van der Waals surface area contributed by atoms with Crippen LogP contribution in [-0.4, -0.2) is 74.3 Å². The van der Waals surface area contributed by atoms with Crippen LogP contribution in [-0.2, 0) is 4.74 Å². The van der Waals surface area contributed by atoms with Crippen LogP contribution in [0, 0.1) is 11.3 Å². The van der Waals surface area contributed by atoms with Gasteiger partial charge in [0.2, 0.25) is 0 Å². The van der Waals surface area contributed by atoms with Gasteiger partial charge < -0.3 is 15.0 Å². The highest BCUT2D eigenvalue weighted by Crippen LogP contribution is 2.62. The van der Waals surface area contributed by atoms with Gasteiger partial charge in [0.05, 0.1) is 6.10 Å². The normalized spacial score (nSPS) is 36.4. The van der Waals surface area contributed by atoms with Crippen molar-refractivity contribution in [3.8, 4) is 0 Å². The summed E-state index contributed by atoms with van der Waals surface area (Å²) >= 11 is 0. The first-order valence-corrected chi connectivity index (χ1v) is 9.99. The van der Waals surface area contributed by atoms with Crippen molar-refractivity contribution in [2.24, 2.45) is 16.3 Å². The molecule has 0 bridgehead atoms. The summed E-state index contributed by atoms with van der Waals surface area (Å²) in [6, 6.07) is 1.26. The Hall–Kier alpha value is -0.0800. The largest absolute Gasteiger partial charge is 0.377 e. The van der Waals surface area contributed by atoms with Crippen molar-refractivity contribution in [2.75, 3.05) is 40.3 Å². The topological polar surface area (TPSA) is 40.1 Å². The molecule has 2 saturated carbocycles. The summed E-state index contributed by atoms with van der Waals surface area (Å²) < 4.78 is 6.05. The number of hydrogen-bond acceptors (Lipinski definition) is 3. The SMILES string of the molecule is CCN1CCCC1CN(C)C(=NC)NC1C2CCOC2C12CCC2.I. The number of fused-ring (bicyclic) bond motifs is 2. The van der Waals surface area contributed by atoms with Gasteiger partial charge in [-0.2, -0.15) is 0 Å². The molecule has 2 aliphatic heterocycles. The van der Waals surface area contributed by atoms with Crippen molar-refractivity contribution in [3.05, 3.63) is 0 Å². The fourth-order valence-electron chi connectivity index (χ4n) is 5.86. The smallest absolute Gasteiger partial charge is 0.193 e. The van der Waals surface area contributed by atoms with Crippen LogP contribution in [0.25, 0.3) is 0 Å². The second-order valence-electron chi connectivity index (χ2n) is 8.31.